The first-order valence-corrected chi connectivity index (χ1v) is 8.95. The molecule has 3 rings (SSSR count). The van der Waals surface area contributed by atoms with Crippen LogP contribution in [0.4, 0.5) is 0 Å². The number of nitrogens with zero attached hydrogens (tertiary/aromatic N) is 1. The summed E-state index contributed by atoms with van der Waals surface area (Å²) in [5.74, 6) is 1.76. The van der Waals surface area contributed by atoms with Crippen molar-refractivity contribution in [3.63, 3.8) is 0 Å². The molecule has 2 aromatic rings. The lowest BCUT2D eigenvalue weighted by atomic mass is 9.98. The molecule has 1 aliphatic rings. The van der Waals surface area contributed by atoms with Gasteiger partial charge in [0.05, 0.1) is 7.11 Å². The first-order valence-electron chi connectivity index (χ1n) is 8.95. The Labute approximate surface area is 154 Å². The lowest BCUT2D eigenvalue weighted by molar-refractivity contribution is 0.0620. The third-order valence-electron chi connectivity index (χ3n) is 4.73. The number of likely N-dealkylation sites (tertiary alicyclic amines) is 1. The van der Waals surface area contributed by atoms with Crippen molar-refractivity contribution >= 4 is 5.91 Å². The second-order valence-electron chi connectivity index (χ2n) is 6.60. The molecule has 0 aromatic heterocycles. The van der Waals surface area contributed by atoms with Crippen LogP contribution in [0.1, 0.15) is 28.8 Å². The highest BCUT2D eigenvalue weighted by atomic mass is 16.5. The van der Waals surface area contributed by atoms with E-state index in [4.69, 9.17) is 9.47 Å². The number of rotatable bonds is 6. The summed E-state index contributed by atoms with van der Waals surface area (Å²) < 4.78 is 10.9. The third kappa shape index (κ3) is 4.55. The van der Waals surface area contributed by atoms with E-state index in [-0.39, 0.29) is 18.4 Å². The zero-order chi connectivity index (χ0) is 18.4. The number of benzene rings is 2. The number of ether oxygens (including phenoxy) is 2. The van der Waals surface area contributed by atoms with Crippen LogP contribution in [-0.2, 0) is 6.61 Å². The summed E-state index contributed by atoms with van der Waals surface area (Å²) in [6, 6.07) is 15.0. The molecular formula is C21H25NO4. The fraction of sp³-hybridized carbons (Fsp3) is 0.381. The number of methoxy groups -OCH3 is 1. The molecule has 0 bridgehead atoms. The van der Waals surface area contributed by atoms with E-state index in [1.54, 1.807) is 19.2 Å². The van der Waals surface area contributed by atoms with Crippen LogP contribution in [0, 0.1) is 5.92 Å². The number of carbonyl (C=O) groups is 1. The molecule has 1 heterocycles. The minimum absolute atomic E-state index is 0.0184. The normalized spacial score (nSPS) is 17.0. The monoisotopic (exact) mass is 355 g/mol. The summed E-state index contributed by atoms with van der Waals surface area (Å²) in [7, 11) is 1.64. The Kier molecular flexibility index (Phi) is 6.12. The van der Waals surface area contributed by atoms with Crippen LogP contribution >= 0.6 is 0 Å². The summed E-state index contributed by atoms with van der Waals surface area (Å²) in [5, 5.41) is 9.32. The molecule has 0 radical (unpaired) electrons. The van der Waals surface area contributed by atoms with Gasteiger partial charge in [-0.15, -0.1) is 0 Å². The molecule has 1 fully saturated rings. The van der Waals surface area contributed by atoms with Gasteiger partial charge >= 0.3 is 0 Å². The van der Waals surface area contributed by atoms with Gasteiger partial charge < -0.3 is 19.5 Å². The van der Waals surface area contributed by atoms with E-state index in [9.17, 15) is 9.90 Å². The molecule has 0 unspecified atom stereocenters. The van der Waals surface area contributed by atoms with Crippen molar-refractivity contribution in [2.75, 3.05) is 26.8 Å². The molecule has 26 heavy (non-hydrogen) atoms. The zero-order valence-corrected chi connectivity index (χ0v) is 15.1. The predicted molar refractivity (Wildman–Crippen MR) is 99.5 cm³/mol. The molecule has 138 valence electrons. The number of piperidine rings is 1. The van der Waals surface area contributed by atoms with Crippen molar-refractivity contribution in [3.05, 3.63) is 59.7 Å². The lowest BCUT2D eigenvalue weighted by Crippen LogP contribution is -2.40. The number of hydrogen-bond acceptors (Lipinski definition) is 4. The lowest BCUT2D eigenvalue weighted by Gasteiger charge is -2.31. The smallest absolute Gasteiger partial charge is 0.253 e. The minimum atomic E-state index is 0.0184. The second-order valence-corrected chi connectivity index (χ2v) is 6.60. The molecule has 5 heteroatoms. The van der Waals surface area contributed by atoms with Crippen molar-refractivity contribution in [1.82, 2.24) is 4.90 Å². The Morgan fingerprint density at radius 2 is 1.81 bits per heavy atom. The Balaban J connectivity index is 1.56. The maximum absolute atomic E-state index is 12.6. The van der Waals surface area contributed by atoms with Gasteiger partial charge in [0, 0.05) is 25.3 Å². The van der Waals surface area contributed by atoms with Crippen LogP contribution in [0.5, 0.6) is 11.5 Å². The van der Waals surface area contributed by atoms with Crippen molar-refractivity contribution in [2.24, 2.45) is 5.92 Å². The van der Waals surface area contributed by atoms with Gasteiger partial charge in [-0.2, -0.15) is 0 Å². The van der Waals surface area contributed by atoms with Crippen LogP contribution in [-0.4, -0.2) is 42.7 Å². The number of carbonyl (C=O) groups excluding carboxylic acids is 1. The Bertz CT molecular complexity index is 712. The van der Waals surface area contributed by atoms with Gasteiger partial charge in [-0.25, -0.2) is 0 Å². The van der Waals surface area contributed by atoms with Crippen LogP contribution in [0.3, 0.4) is 0 Å². The largest absolute Gasteiger partial charge is 0.497 e. The highest BCUT2D eigenvalue weighted by Gasteiger charge is 2.23. The number of aliphatic hydroxyl groups is 1. The van der Waals surface area contributed by atoms with Crippen LogP contribution in [0.25, 0.3) is 0 Å². The SMILES string of the molecule is COc1ccc(COc2ccc(C(=O)N3CCC[C@@H](CO)C3)cc2)cc1. The third-order valence-corrected chi connectivity index (χ3v) is 4.73. The van der Waals surface area contributed by atoms with Gasteiger partial charge in [0.1, 0.15) is 18.1 Å². The molecule has 5 nitrogen and oxygen atoms in total. The van der Waals surface area contributed by atoms with Crippen LogP contribution < -0.4 is 9.47 Å². The zero-order valence-electron chi connectivity index (χ0n) is 15.1. The Morgan fingerprint density at radius 3 is 2.46 bits per heavy atom. The average Bonchev–Trinajstić information content (AvgIpc) is 2.72. The Hall–Kier alpha value is -2.53. The van der Waals surface area contributed by atoms with Gasteiger partial charge in [-0.3, -0.25) is 4.79 Å². The van der Waals surface area contributed by atoms with Crippen molar-refractivity contribution in [1.29, 1.82) is 0 Å². The van der Waals surface area contributed by atoms with Gasteiger partial charge in [0.25, 0.3) is 5.91 Å². The molecule has 0 saturated carbocycles. The van der Waals surface area contributed by atoms with E-state index in [0.717, 1.165) is 36.4 Å². The van der Waals surface area contributed by atoms with E-state index in [1.807, 2.05) is 41.3 Å². The van der Waals surface area contributed by atoms with Crippen molar-refractivity contribution in [3.8, 4) is 11.5 Å². The van der Waals surface area contributed by atoms with Gasteiger partial charge in [0.2, 0.25) is 0 Å². The summed E-state index contributed by atoms with van der Waals surface area (Å²) >= 11 is 0. The van der Waals surface area contributed by atoms with Crippen molar-refractivity contribution in [2.45, 2.75) is 19.4 Å². The molecule has 0 aliphatic carbocycles. The van der Waals surface area contributed by atoms with E-state index in [0.29, 0.717) is 18.7 Å². The minimum Gasteiger partial charge on any atom is -0.497 e. The summed E-state index contributed by atoms with van der Waals surface area (Å²) in [4.78, 5) is 14.4. The Morgan fingerprint density at radius 1 is 1.12 bits per heavy atom. The molecule has 1 atom stereocenters. The number of amides is 1. The molecule has 2 aromatic carbocycles. The first-order chi connectivity index (χ1) is 12.7. The van der Waals surface area contributed by atoms with Gasteiger partial charge in [-0.1, -0.05) is 12.1 Å². The fourth-order valence-corrected chi connectivity index (χ4v) is 3.16. The molecule has 1 saturated heterocycles. The molecular weight excluding hydrogens is 330 g/mol. The number of aliphatic hydroxyl groups excluding tert-OH is 1. The van der Waals surface area contributed by atoms with E-state index in [2.05, 4.69) is 0 Å². The van der Waals surface area contributed by atoms with E-state index in [1.165, 1.54) is 0 Å². The quantitative estimate of drug-likeness (QED) is 0.865. The maximum Gasteiger partial charge on any atom is 0.253 e. The van der Waals surface area contributed by atoms with Gasteiger partial charge in [0.15, 0.2) is 0 Å². The second kappa shape index (κ2) is 8.72. The summed E-state index contributed by atoms with van der Waals surface area (Å²) in [6.07, 6.45) is 1.93. The summed E-state index contributed by atoms with van der Waals surface area (Å²) in [6.45, 7) is 1.99. The topological polar surface area (TPSA) is 59.0 Å². The average molecular weight is 355 g/mol. The highest BCUT2D eigenvalue weighted by molar-refractivity contribution is 5.94. The van der Waals surface area contributed by atoms with E-state index < -0.39 is 0 Å². The predicted octanol–water partition coefficient (Wildman–Crippen LogP) is 3.12. The van der Waals surface area contributed by atoms with E-state index >= 15 is 0 Å². The number of hydrogen-bond donors (Lipinski definition) is 1. The molecule has 1 N–H and O–H groups in total. The molecule has 1 amide bonds. The first kappa shape index (κ1) is 18.3. The van der Waals surface area contributed by atoms with Gasteiger partial charge in [-0.05, 0) is 60.7 Å². The molecule has 1 aliphatic heterocycles. The van der Waals surface area contributed by atoms with Crippen LogP contribution in [0.15, 0.2) is 48.5 Å². The van der Waals surface area contributed by atoms with Crippen molar-refractivity contribution < 1.29 is 19.4 Å². The maximum atomic E-state index is 12.6. The summed E-state index contributed by atoms with van der Waals surface area (Å²) in [5.41, 5.74) is 1.70. The standard InChI is InChI=1S/C21H25NO4/c1-25-19-8-4-16(5-9-19)15-26-20-10-6-18(7-11-20)21(24)22-12-2-3-17(13-22)14-23/h4-11,17,23H,2-3,12-15H2,1H3/t17-/m1/s1. The van der Waals surface area contributed by atoms with Crippen LogP contribution in [0.2, 0.25) is 0 Å². The molecule has 0 spiro atoms. The highest BCUT2D eigenvalue weighted by Crippen LogP contribution is 2.20. The fourth-order valence-electron chi connectivity index (χ4n) is 3.16.